The zero-order valence-electron chi connectivity index (χ0n) is 23.6. The molecular formula is C35H35Cl2N5. The third kappa shape index (κ3) is 5.66. The highest BCUT2D eigenvalue weighted by atomic mass is 35.5. The number of nitrogens with zero attached hydrogens (tertiary/aromatic N) is 4. The Morgan fingerprint density at radius 2 is 1.60 bits per heavy atom. The van der Waals surface area contributed by atoms with Crippen LogP contribution in [0, 0.1) is 5.92 Å². The third-order valence-electron chi connectivity index (χ3n) is 8.92. The zero-order valence-corrected chi connectivity index (χ0v) is 25.2. The van der Waals surface area contributed by atoms with E-state index in [1.165, 1.54) is 45.2 Å². The van der Waals surface area contributed by atoms with Crippen LogP contribution in [0.2, 0.25) is 10.0 Å². The summed E-state index contributed by atoms with van der Waals surface area (Å²) >= 11 is 12.5. The van der Waals surface area contributed by atoms with E-state index < -0.39 is 0 Å². The summed E-state index contributed by atoms with van der Waals surface area (Å²) in [6.07, 6.45) is 7.79. The smallest absolute Gasteiger partial charge is 0.0900 e. The minimum Gasteiger partial charge on any atom is -0.354 e. The zero-order chi connectivity index (χ0) is 28.5. The summed E-state index contributed by atoms with van der Waals surface area (Å²) in [4.78, 5) is 13.1. The van der Waals surface area contributed by atoms with Crippen molar-refractivity contribution in [1.29, 1.82) is 0 Å². The Kier molecular flexibility index (Phi) is 7.90. The van der Waals surface area contributed by atoms with E-state index in [1.54, 1.807) is 0 Å². The number of anilines is 2. The molecule has 1 aliphatic carbocycles. The van der Waals surface area contributed by atoms with Crippen molar-refractivity contribution in [3.8, 4) is 17.1 Å². The largest absolute Gasteiger partial charge is 0.354 e. The lowest BCUT2D eigenvalue weighted by Crippen LogP contribution is -2.48. The third-order valence-corrected chi connectivity index (χ3v) is 9.42. The van der Waals surface area contributed by atoms with Gasteiger partial charge in [-0.3, -0.25) is 4.99 Å². The number of halogens is 2. The van der Waals surface area contributed by atoms with Crippen LogP contribution in [-0.2, 0) is 0 Å². The standard InChI is InChI=1S/C35H35Cl2N5/c36-25-10-14-27(15-11-25)39-31-22-32-35(23-30(31)38-19-18-24-6-5-21-41-20-4-3-8-33(24)41)42(28-16-12-26(37)13-17-28)34-9-2-1-7-29(34)40-32/h1-2,7,9-17,22-24,33,39H,3-6,8,18-21H2/t24-,33-/m1/s1. The lowest BCUT2D eigenvalue weighted by atomic mass is 9.82. The minimum atomic E-state index is 0.713. The first-order chi connectivity index (χ1) is 20.6. The molecule has 7 rings (SSSR count). The molecule has 0 spiro atoms. The number of hydrogen-bond donors (Lipinski definition) is 1. The fraction of sp³-hybridized carbons (Fsp3) is 0.314. The van der Waals surface area contributed by atoms with Gasteiger partial charge in [-0.2, -0.15) is 0 Å². The number of fused-ring (bicyclic) bond motifs is 3. The predicted molar refractivity (Wildman–Crippen MR) is 174 cm³/mol. The Balaban J connectivity index is 1.33. The van der Waals surface area contributed by atoms with Gasteiger partial charge in [0.05, 0.1) is 33.5 Å². The van der Waals surface area contributed by atoms with Gasteiger partial charge in [0.25, 0.3) is 0 Å². The first-order valence-corrected chi connectivity index (χ1v) is 15.9. The van der Waals surface area contributed by atoms with E-state index >= 15 is 0 Å². The Morgan fingerprint density at radius 3 is 2.43 bits per heavy atom. The van der Waals surface area contributed by atoms with Crippen molar-refractivity contribution in [2.75, 3.05) is 25.0 Å². The number of aromatic nitrogens is 2. The van der Waals surface area contributed by atoms with E-state index in [0.717, 1.165) is 69.8 Å². The molecule has 3 aliphatic heterocycles. The van der Waals surface area contributed by atoms with Crippen LogP contribution in [0.15, 0.2) is 89.9 Å². The van der Waals surface area contributed by atoms with Crippen LogP contribution in [0.5, 0.6) is 0 Å². The molecule has 3 aromatic carbocycles. The molecule has 0 amide bonds. The van der Waals surface area contributed by atoms with Gasteiger partial charge >= 0.3 is 0 Å². The maximum atomic E-state index is 6.28. The molecule has 2 saturated heterocycles. The van der Waals surface area contributed by atoms with E-state index in [0.29, 0.717) is 10.0 Å². The fourth-order valence-corrected chi connectivity index (χ4v) is 7.15. The summed E-state index contributed by atoms with van der Waals surface area (Å²) in [6, 6.07) is 29.1. The van der Waals surface area contributed by atoms with Crippen LogP contribution < -0.4 is 10.7 Å². The Morgan fingerprint density at radius 1 is 0.833 bits per heavy atom. The number of piperidine rings is 2. The monoisotopic (exact) mass is 595 g/mol. The van der Waals surface area contributed by atoms with E-state index in [9.17, 15) is 0 Å². The van der Waals surface area contributed by atoms with Gasteiger partial charge in [0, 0.05) is 34.0 Å². The normalized spacial score (nSPS) is 19.7. The molecule has 0 radical (unpaired) electrons. The van der Waals surface area contributed by atoms with Crippen molar-refractivity contribution >= 4 is 45.6 Å². The van der Waals surface area contributed by atoms with Crippen LogP contribution in [-0.4, -0.2) is 40.1 Å². The molecule has 3 aromatic rings. The second kappa shape index (κ2) is 12.1. The summed E-state index contributed by atoms with van der Waals surface area (Å²) < 4.78 is 2.26. The average molecular weight is 597 g/mol. The molecule has 0 aromatic heterocycles. The van der Waals surface area contributed by atoms with Crippen LogP contribution in [0.3, 0.4) is 0 Å². The summed E-state index contributed by atoms with van der Waals surface area (Å²) in [7, 11) is 0. The summed E-state index contributed by atoms with van der Waals surface area (Å²) in [5, 5.41) is 5.98. The molecule has 42 heavy (non-hydrogen) atoms. The Bertz CT molecular complexity index is 1730. The van der Waals surface area contributed by atoms with Gasteiger partial charge in [-0.15, -0.1) is 0 Å². The maximum Gasteiger partial charge on any atom is 0.0900 e. The lowest BCUT2D eigenvalue weighted by molar-refractivity contribution is 0.0569. The molecule has 1 N–H and O–H groups in total. The molecule has 2 atom stereocenters. The predicted octanol–water partition coefficient (Wildman–Crippen LogP) is 8.74. The Hall–Kier alpha value is -3.38. The average Bonchev–Trinajstić information content (AvgIpc) is 3.02. The van der Waals surface area contributed by atoms with Gasteiger partial charge in [-0.1, -0.05) is 41.8 Å². The Labute approximate surface area is 257 Å². The summed E-state index contributed by atoms with van der Waals surface area (Å²) in [5.74, 6) is 0.723. The van der Waals surface area contributed by atoms with Crippen LogP contribution in [0.1, 0.15) is 38.5 Å². The molecule has 2 fully saturated rings. The number of benzene rings is 4. The highest BCUT2D eigenvalue weighted by molar-refractivity contribution is 6.30. The van der Waals surface area contributed by atoms with Gasteiger partial charge in [0.2, 0.25) is 0 Å². The van der Waals surface area contributed by atoms with E-state index in [-0.39, 0.29) is 0 Å². The number of hydrogen-bond acceptors (Lipinski definition) is 4. The number of para-hydroxylation sites is 2. The quantitative estimate of drug-likeness (QED) is 0.200. The molecule has 0 bridgehead atoms. The van der Waals surface area contributed by atoms with Gasteiger partial charge in [-0.05, 0) is 124 Å². The highest BCUT2D eigenvalue weighted by Gasteiger charge is 2.32. The lowest BCUT2D eigenvalue weighted by Gasteiger charge is -2.44. The van der Waals surface area contributed by atoms with Crippen molar-refractivity contribution in [3.63, 3.8) is 0 Å². The maximum absolute atomic E-state index is 6.28. The van der Waals surface area contributed by atoms with Gasteiger partial charge < -0.3 is 14.8 Å². The van der Waals surface area contributed by atoms with E-state index in [2.05, 4.69) is 57.2 Å². The summed E-state index contributed by atoms with van der Waals surface area (Å²) in [6.45, 7) is 3.34. The molecule has 3 heterocycles. The van der Waals surface area contributed by atoms with Gasteiger partial charge in [0.15, 0.2) is 0 Å². The van der Waals surface area contributed by atoms with Gasteiger partial charge in [0.1, 0.15) is 0 Å². The van der Waals surface area contributed by atoms with E-state index in [1.807, 2.05) is 42.5 Å². The van der Waals surface area contributed by atoms with Gasteiger partial charge in [-0.25, -0.2) is 4.98 Å². The molecular weight excluding hydrogens is 561 g/mol. The van der Waals surface area contributed by atoms with Crippen molar-refractivity contribution < 1.29 is 0 Å². The van der Waals surface area contributed by atoms with Crippen LogP contribution in [0.4, 0.5) is 11.4 Å². The first-order valence-electron chi connectivity index (χ1n) is 15.1. The second-order valence-electron chi connectivity index (χ2n) is 11.6. The van der Waals surface area contributed by atoms with Crippen LogP contribution >= 0.6 is 23.2 Å². The molecule has 214 valence electrons. The highest BCUT2D eigenvalue weighted by Crippen LogP contribution is 2.34. The van der Waals surface area contributed by atoms with Crippen LogP contribution in [0.25, 0.3) is 28.1 Å². The molecule has 0 unspecified atom stereocenters. The van der Waals surface area contributed by atoms with Crippen molar-refractivity contribution in [2.24, 2.45) is 10.9 Å². The first kappa shape index (κ1) is 27.5. The molecule has 4 aliphatic rings. The topological polar surface area (TPSA) is 45.5 Å². The van der Waals surface area contributed by atoms with Crippen molar-refractivity contribution in [1.82, 2.24) is 14.5 Å². The fourth-order valence-electron chi connectivity index (χ4n) is 6.89. The molecule has 5 nitrogen and oxygen atoms in total. The SMILES string of the molecule is Clc1ccc(Nc2cc3nc4ccccc4n(-c4ccc(Cl)cc4)c-3cc2=NCC[C@H]2CCCN3CCCC[C@H]23)cc1. The minimum absolute atomic E-state index is 0.713. The van der Waals surface area contributed by atoms with Crippen molar-refractivity contribution in [3.05, 3.63) is 100 Å². The second-order valence-corrected chi connectivity index (χ2v) is 12.4. The summed E-state index contributed by atoms with van der Waals surface area (Å²) in [5.41, 5.74) is 6.81. The molecule has 0 saturated carbocycles. The number of nitrogens with one attached hydrogen (secondary N) is 1. The molecule has 7 heteroatoms. The van der Waals surface area contributed by atoms with E-state index in [4.69, 9.17) is 33.2 Å². The number of rotatable bonds is 6. The van der Waals surface area contributed by atoms with Crippen molar-refractivity contribution in [2.45, 2.75) is 44.6 Å².